The fourth-order valence-corrected chi connectivity index (χ4v) is 2.65. The smallest absolute Gasteiger partial charge is 0.256 e. The lowest BCUT2D eigenvalue weighted by molar-refractivity contribution is 0.102. The molecule has 0 fully saturated rings. The first-order valence-corrected chi connectivity index (χ1v) is 7.29. The molecule has 0 heterocycles. The van der Waals surface area contributed by atoms with Crippen molar-refractivity contribution in [3.8, 4) is 0 Å². The van der Waals surface area contributed by atoms with Crippen molar-refractivity contribution in [2.24, 2.45) is 0 Å². The van der Waals surface area contributed by atoms with Crippen LogP contribution in [0.1, 0.15) is 15.9 Å². The van der Waals surface area contributed by atoms with Crippen LogP contribution in [0.2, 0.25) is 0 Å². The normalized spacial score (nSPS) is 10.4. The van der Waals surface area contributed by atoms with Gasteiger partial charge in [0.05, 0.1) is 5.69 Å². The number of hydrogen-bond acceptors (Lipinski definition) is 2. The van der Waals surface area contributed by atoms with Crippen LogP contribution >= 0.6 is 31.9 Å². The van der Waals surface area contributed by atoms with Crippen molar-refractivity contribution in [3.63, 3.8) is 0 Å². The van der Waals surface area contributed by atoms with Crippen LogP contribution in [0.25, 0.3) is 0 Å². The van der Waals surface area contributed by atoms with Crippen molar-refractivity contribution in [3.05, 3.63) is 56.2 Å². The Morgan fingerprint density at radius 1 is 1.30 bits per heavy atom. The van der Waals surface area contributed by atoms with E-state index in [1.54, 1.807) is 31.2 Å². The Bertz CT molecular complexity index is 669. The quantitative estimate of drug-likeness (QED) is 0.728. The minimum absolute atomic E-state index is 0.107. The summed E-state index contributed by atoms with van der Waals surface area (Å²) in [5, 5.41) is 2.55. The van der Waals surface area contributed by atoms with Gasteiger partial charge in [-0.2, -0.15) is 0 Å². The number of para-hydroxylation sites is 1. The van der Waals surface area contributed by atoms with Crippen LogP contribution < -0.4 is 11.1 Å². The van der Waals surface area contributed by atoms with Crippen molar-refractivity contribution in [1.82, 2.24) is 0 Å². The zero-order valence-electron chi connectivity index (χ0n) is 10.5. The van der Waals surface area contributed by atoms with Crippen LogP contribution in [-0.4, -0.2) is 5.91 Å². The predicted molar refractivity (Wildman–Crippen MR) is 85.3 cm³/mol. The predicted octanol–water partition coefficient (Wildman–Crippen LogP) is 4.49. The van der Waals surface area contributed by atoms with Crippen LogP contribution in [0.5, 0.6) is 0 Å². The zero-order valence-corrected chi connectivity index (χ0v) is 13.7. The summed E-state index contributed by atoms with van der Waals surface area (Å²) in [5.74, 6) is -0.922. The SMILES string of the molecule is Cc1c(N)cc(Br)cc1C(=O)Nc1c(F)cccc1Br. The molecule has 2 aromatic carbocycles. The standard InChI is InChI=1S/C14H11Br2FN2O/c1-7-9(5-8(15)6-12(7)18)14(20)19-13-10(16)3-2-4-11(13)17/h2-6H,18H2,1H3,(H,19,20). The second-order valence-corrected chi connectivity index (χ2v) is 5.99. The van der Waals surface area contributed by atoms with Gasteiger partial charge in [-0.1, -0.05) is 22.0 Å². The van der Waals surface area contributed by atoms with Crippen LogP contribution in [0.15, 0.2) is 39.3 Å². The molecule has 0 aromatic heterocycles. The Kier molecular flexibility index (Phi) is 4.45. The molecule has 0 atom stereocenters. The average molecular weight is 402 g/mol. The van der Waals surface area contributed by atoms with Crippen molar-refractivity contribution >= 4 is 49.1 Å². The highest BCUT2D eigenvalue weighted by Gasteiger charge is 2.15. The molecule has 20 heavy (non-hydrogen) atoms. The first-order chi connectivity index (χ1) is 9.40. The molecule has 6 heteroatoms. The van der Waals surface area contributed by atoms with Gasteiger partial charge in [0.15, 0.2) is 0 Å². The molecule has 1 amide bonds. The summed E-state index contributed by atoms with van der Waals surface area (Å²) in [5.41, 5.74) is 7.47. The molecule has 0 aliphatic rings. The summed E-state index contributed by atoms with van der Waals surface area (Å²) >= 11 is 6.49. The molecular weight excluding hydrogens is 391 g/mol. The zero-order chi connectivity index (χ0) is 14.9. The lowest BCUT2D eigenvalue weighted by atomic mass is 10.1. The monoisotopic (exact) mass is 400 g/mol. The fraction of sp³-hybridized carbons (Fsp3) is 0.0714. The summed E-state index contributed by atoms with van der Waals surface area (Å²) in [4.78, 5) is 12.3. The van der Waals surface area contributed by atoms with Gasteiger partial charge in [-0.25, -0.2) is 4.39 Å². The Morgan fingerprint density at radius 2 is 2.00 bits per heavy atom. The number of amides is 1. The number of benzene rings is 2. The molecular formula is C14H11Br2FN2O. The number of hydrogen-bond donors (Lipinski definition) is 2. The molecule has 0 bridgehead atoms. The van der Waals surface area contributed by atoms with Crippen molar-refractivity contribution in [2.45, 2.75) is 6.92 Å². The number of carbonyl (C=O) groups excluding carboxylic acids is 1. The largest absolute Gasteiger partial charge is 0.398 e. The molecule has 0 radical (unpaired) electrons. The second kappa shape index (κ2) is 5.93. The first-order valence-electron chi connectivity index (χ1n) is 5.71. The van der Waals surface area contributed by atoms with E-state index in [0.29, 0.717) is 25.8 Å². The van der Waals surface area contributed by atoms with Crippen molar-refractivity contribution in [1.29, 1.82) is 0 Å². The molecule has 3 nitrogen and oxygen atoms in total. The molecule has 0 unspecified atom stereocenters. The molecule has 0 spiro atoms. The first kappa shape index (κ1) is 15.0. The summed E-state index contributed by atoms with van der Waals surface area (Å²) < 4.78 is 14.9. The van der Waals surface area contributed by atoms with E-state index in [2.05, 4.69) is 37.2 Å². The van der Waals surface area contributed by atoms with Gasteiger partial charge in [0.2, 0.25) is 0 Å². The van der Waals surface area contributed by atoms with Crippen LogP contribution in [0, 0.1) is 12.7 Å². The average Bonchev–Trinajstić information content (AvgIpc) is 2.38. The third-order valence-electron chi connectivity index (χ3n) is 2.86. The van der Waals surface area contributed by atoms with Gasteiger partial charge in [0.25, 0.3) is 5.91 Å². The molecule has 104 valence electrons. The van der Waals surface area contributed by atoms with Crippen LogP contribution in [-0.2, 0) is 0 Å². The van der Waals surface area contributed by atoms with E-state index in [4.69, 9.17) is 5.73 Å². The number of nitrogens with two attached hydrogens (primary N) is 1. The summed E-state index contributed by atoms with van der Waals surface area (Å²) in [6.07, 6.45) is 0. The Hall–Kier alpha value is -1.40. The lowest BCUT2D eigenvalue weighted by Gasteiger charge is -2.12. The van der Waals surface area contributed by atoms with E-state index in [-0.39, 0.29) is 5.69 Å². The van der Waals surface area contributed by atoms with E-state index >= 15 is 0 Å². The van der Waals surface area contributed by atoms with E-state index in [9.17, 15) is 9.18 Å². The number of anilines is 2. The topological polar surface area (TPSA) is 55.1 Å². The molecule has 0 saturated heterocycles. The summed E-state index contributed by atoms with van der Waals surface area (Å²) in [7, 11) is 0. The third kappa shape index (κ3) is 3.02. The van der Waals surface area contributed by atoms with Crippen molar-refractivity contribution in [2.75, 3.05) is 11.1 Å². The molecule has 0 aliphatic heterocycles. The number of rotatable bonds is 2. The number of nitrogen functional groups attached to an aromatic ring is 1. The highest BCUT2D eigenvalue weighted by Crippen LogP contribution is 2.28. The highest BCUT2D eigenvalue weighted by molar-refractivity contribution is 9.10. The minimum atomic E-state index is -0.506. The maximum atomic E-state index is 13.7. The maximum absolute atomic E-state index is 13.7. The second-order valence-electron chi connectivity index (χ2n) is 4.22. The van der Waals surface area contributed by atoms with Crippen LogP contribution in [0.3, 0.4) is 0 Å². The van der Waals surface area contributed by atoms with Crippen molar-refractivity contribution < 1.29 is 9.18 Å². The highest BCUT2D eigenvalue weighted by atomic mass is 79.9. The van der Waals surface area contributed by atoms with Crippen LogP contribution in [0.4, 0.5) is 15.8 Å². The Balaban J connectivity index is 2.39. The van der Waals surface area contributed by atoms with Gasteiger partial charge in [0.1, 0.15) is 5.82 Å². The van der Waals surface area contributed by atoms with Gasteiger partial charge in [-0.3, -0.25) is 4.79 Å². The molecule has 0 saturated carbocycles. The molecule has 0 aliphatic carbocycles. The Labute approximate surface area is 132 Å². The third-order valence-corrected chi connectivity index (χ3v) is 3.98. The van der Waals surface area contributed by atoms with E-state index in [1.807, 2.05) is 0 Å². The molecule has 3 N–H and O–H groups in total. The number of nitrogens with one attached hydrogen (secondary N) is 1. The fourth-order valence-electron chi connectivity index (χ4n) is 1.73. The summed E-state index contributed by atoms with van der Waals surface area (Å²) in [6, 6.07) is 7.85. The van der Waals surface area contributed by atoms with Gasteiger partial charge < -0.3 is 11.1 Å². The maximum Gasteiger partial charge on any atom is 0.256 e. The number of carbonyl (C=O) groups is 1. The molecule has 2 aromatic rings. The van der Waals surface area contributed by atoms with Gasteiger partial charge >= 0.3 is 0 Å². The van der Waals surface area contributed by atoms with E-state index in [1.165, 1.54) is 6.07 Å². The lowest BCUT2D eigenvalue weighted by Crippen LogP contribution is -2.15. The van der Waals surface area contributed by atoms with E-state index in [0.717, 1.165) is 0 Å². The van der Waals surface area contributed by atoms with E-state index < -0.39 is 11.7 Å². The van der Waals surface area contributed by atoms with Gasteiger partial charge in [-0.05, 0) is 52.7 Å². The van der Waals surface area contributed by atoms with Gasteiger partial charge in [-0.15, -0.1) is 0 Å². The summed E-state index contributed by atoms with van der Waals surface area (Å²) in [6.45, 7) is 1.74. The number of halogens is 3. The molecule has 2 rings (SSSR count). The Morgan fingerprint density at radius 3 is 2.65 bits per heavy atom. The minimum Gasteiger partial charge on any atom is -0.398 e. The van der Waals surface area contributed by atoms with Gasteiger partial charge in [0, 0.05) is 20.2 Å².